The van der Waals surface area contributed by atoms with Gasteiger partial charge in [-0.3, -0.25) is 9.67 Å². The van der Waals surface area contributed by atoms with E-state index in [0.29, 0.717) is 0 Å². The molecule has 0 fully saturated rings. The highest BCUT2D eigenvalue weighted by atomic mass is 15.4. The van der Waals surface area contributed by atoms with Crippen LogP contribution in [0.25, 0.3) is 0 Å². The van der Waals surface area contributed by atoms with Crippen LogP contribution in [0.1, 0.15) is 25.1 Å². The Bertz CT molecular complexity index is 412. The van der Waals surface area contributed by atoms with E-state index in [2.05, 4.69) is 27.5 Å². The number of nitrogens with one attached hydrogen (secondary N) is 1. The zero-order chi connectivity index (χ0) is 11.9. The van der Waals surface area contributed by atoms with Crippen molar-refractivity contribution in [3.63, 3.8) is 0 Å². The van der Waals surface area contributed by atoms with Crippen molar-refractivity contribution in [1.82, 2.24) is 25.3 Å². The molecular weight excluding hydrogens is 214 g/mol. The summed E-state index contributed by atoms with van der Waals surface area (Å²) in [7, 11) is 0. The van der Waals surface area contributed by atoms with Crippen molar-refractivity contribution in [3.05, 3.63) is 42.5 Å². The fourth-order valence-electron chi connectivity index (χ4n) is 1.65. The van der Waals surface area contributed by atoms with Crippen molar-refractivity contribution < 1.29 is 0 Å². The van der Waals surface area contributed by atoms with E-state index in [0.717, 1.165) is 25.2 Å². The number of aryl methyl sites for hydroxylation is 1. The Labute approximate surface area is 101 Å². The van der Waals surface area contributed by atoms with Crippen LogP contribution in [0.5, 0.6) is 0 Å². The molecule has 1 atom stereocenters. The predicted molar refractivity (Wildman–Crippen MR) is 65.3 cm³/mol. The van der Waals surface area contributed by atoms with Gasteiger partial charge in [-0.1, -0.05) is 11.3 Å². The van der Waals surface area contributed by atoms with Crippen molar-refractivity contribution in [2.45, 2.75) is 25.9 Å². The molecule has 5 nitrogen and oxygen atoms in total. The van der Waals surface area contributed by atoms with E-state index in [4.69, 9.17) is 0 Å². The summed E-state index contributed by atoms with van der Waals surface area (Å²) in [4.78, 5) is 4.32. The smallest absolute Gasteiger partial charge is 0.0692 e. The molecule has 5 heteroatoms. The summed E-state index contributed by atoms with van der Waals surface area (Å²) in [5, 5.41) is 11.1. The lowest BCUT2D eigenvalue weighted by molar-refractivity contribution is 0.495. The van der Waals surface area contributed by atoms with Crippen LogP contribution in [0.2, 0.25) is 0 Å². The molecule has 0 aromatic carbocycles. The van der Waals surface area contributed by atoms with Gasteiger partial charge in [0.2, 0.25) is 0 Å². The van der Waals surface area contributed by atoms with Crippen LogP contribution in [-0.2, 0) is 6.54 Å². The Morgan fingerprint density at radius 3 is 3.00 bits per heavy atom. The third-order valence-corrected chi connectivity index (χ3v) is 2.62. The molecule has 90 valence electrons. The molecule has 17 heavy (non-hydrogen) atoms. The number of hydrogen-bond acceptors (Lipinski definition) is 4. The molecule has 0 aliphatic heterocycles. The highest BCUT2D eigenvalue weighted by Gasteiger charge is 2.04. The molecule has 0 saturated heterocycles. The summed E-state index contributed by atoms with van der Waals surface area (Å²) in [6.45, 7) is 3.96. The topological polar surface area (TPSA) is 55.6 Å². The maximum atomic E-state index is 4.32. The fraction of sp³-hybridized carbons (Fsp3) is 0.417. The number of aromatic nitrogens is 4. The monoisotopic (exact) mass is 231 g/mol. The van der Waals surface area contributed by atoms with Crippen molar-refractivity contribution in [2.75, 3.05) is 6.54 Å². The van der Waals surface area contributed by atoms with Gasteiger partial charge in [-0.15, -0.1) is 5.10 Å². The number of rotatable bonds is 6. The summed E-state index contributed by atoms with van der Waals surface area (Å²) >= 11 is 0. The molecule has 0 aliphatic carbocycles. The number of nitrogens with zero attached hydrogens (tertiary/aromatic N) is 4. The number of pyridine rings is 1. The largest absolute Gasteiger partial charge is 0.309 e. The summed E-state index contributed by atoms with van der Waals surface area (Å²) in [6, 6.07) is 6.26. The van der Waals surface area contributed by atoms with Gasteiger partial charge in [-0.05, 0) is 32.0 Å². The normalized spacial score (nSPS) is 12.5. The summed E-state index contributed by atoms with van der Waals surface area (Å²) in [5.74, 6) is 0. The van der Waals surface area contributed by atoms with Crippen LogP contribution < -0.4 is 5.32 Å². The van der Waals surface area contributed by atoms with Crippen LogP contribution in [0.3, 0.4) is 0 Å². The standard InChI is InChI=1S/C12H17N5/c1-11(12-5-2-3-6-14-12)13-7-4-9-17-10-8-15-16-17/h2-3,5-6,8,10-11,13H,4,7,9H2,1H3. The summed E-state index contributed by atoms with van der Waals surface area (Å²) in [5.41, 5.74) is 1.08. The second-order valence-electron chi connectivity index (χ2n) is 3.95. The second-order valence-corrected chi connectivity index (χ2v) is 3.95. The highest BCUT2D eigenvalue weighted by molar-refractivity contribution is 5.07. The van der Waals surface area contributed by atoms with E-state index in [9.17, 15) is 0 Å². The molecule has 0 bridgehead atoms. The van der Waals surface area contributed by atoms with Crippen molar-refractivity contribution in [1.29, 1.82) is 0 Å². The molecule has 2 rings (SSSR count). The fourth-order valence-corrected chi connectivity index (χ4v) is 1.65. The maximum Gasteiger partial charge on any atom is 0.0692 e. The Hall–Kier alpha value is -1.75. The molecule has 1 unspecified atom stereocenters. The third kappa shape index (κ3) is 3.64. The molecule has 0 saturated carbocycles. The Morgan fingerprint density at radius 1 is 1.35 bits per heavy atom. The average Bonchev–Trinajstić information content (AvgIpc) is 2.88. The van der Waals surface area contributed by atoms with E-state index in [1.807, 2.05) is 35.3 Å². The molecule has 2 aromatic heterocycles. The molecule has 0 radical (unpaired) electrons. The van der Waals surface area contributed by atoms with Gasteiger partial charge < -0.3 is 5.32 Å². The van der Waals surface area contributed by atoms with Crippen LogP contribution in [-0.4, -0.2) is 26.5 Å². The van der Waals surface area contributed by atoms with Crippen LogP contribution in [0.4, 0.5) is 0 Å². The minimum atomic E-state index is 0.284. The van der Waals surface area contributed by atoms with E-state index in [1.54, 1.807) is 6.20 Å². The van der Waals surface area contributed by atoms with E-state index in [1.165, 1.54) is 0 Å². The Kier molecular flexibility index (Phi) is 4.21. The van der Waals surface area contributed by atoms with E-state index < -0.39 is 0 Å². The average molecular weight is 231 g/mol. The van der Waals surface area contributed by atoms with Crippen LogP contribution >= 0.6 is 0 Å². The first kappa shape index (κ1) is 11.7. The SMILES string of the molecule is CC(NCCCn1ccnn1)c1ccccn1. The third-order valence-electron chi connectivity index (χ3n) is 2.62. The van der Waals surface area contributed by atoms with Crippen molar-refractivity contribution in [3.8, 4) is 0 Å². The van der Waals surface area contributed by atoms with Gasteiger partial charge in [-0.2, -0.15) is 0 Å². The first-order valence-corrected chi connectivity index (χ1v) is 5.84. The minimum Gasteiger partial charge on any atom is -0.309 e. The zero-order valence-corrected chi connectivity index (χ0v) is 9.95. The lowest BCUT2D eigenvalue weighted by atomic mass is 10.2. The maximum absolute atomic E-state index is 4.32. The van der Waals surface area contributed by atoms with Gasteiger partial charge in [-0.25, -0.2) is 0 Å². The van der Waals surface area contributed by atoms with Gasteiger partial charge in [0.25, 0.3) is 0 Å². The minimum absolute atomic E-state index is 0.284. The Morgan fingerprint density at radius 2 is 2.29 bits per heavy atom. The van der Waals surface area contributed by atoms with Gasteiger partial charge in [0, 0.05) is 25.0 Å². The van der Waals surface area contributed by atoms with Crippen LogP contribution in [0, 0.1) is 0 Å². The molecule has 0 spiro atoms. The lowest BCUT2D eigenvalue weighted by Crippen LogP contribution is -2.21. The summed E-state index contributed by atoms with van der Waals surface area (Å²) < 4.78 is 1.84. The van der Waals surface area contributed by atoms with Crippen molar-refractivity contribution in [2.24, 2.45) is 0 Å². The quantitative estimate of drug-likeness (QED) is 0.764. The highest BCUT2D eigenvalue weighted by Crippen LogP contribution is 2.07. The molecule has 1 N–H and O–H groups in total. The second kappa shape index (κ2) is 6.10. The van der Waals surface area contributed by atoms with Crippen molar-refractivity contribution >= 4 is 0 Å². The van der Waals surface area contributed by atoms with Gasteiger partial charge in [0.15, 0.2) is 0 Å². The van der Waals surface area contributed by atoms with Gasteiger partial charge >= 0.3 is 0 Å². The molecule has 0 amide bonds. The zero-order valence-electron chi connectivity index (χ0n) is 9.95. The molecule has 0 aliphatic rings. The van der Waals surface area contributed by atoms with Gasteiger partial charge in [0.1, 0.15) is 0 Å². The van der Waals surface area contributed by atoms with E-state index >= 15 is 0 Å². The first-order chi connectivity index (χ1) is 8.36. The molecule has 2 heterocycles. The lowest BCUT2D eigenvalue weighted by Gasteiger charge is -2.12. The van der Waals surface area contributed by atoms with Crippen LogP contribution in [0.15, 0.2) is 36.8 Å². The number of hydrogen-bond donors (Lipinski definition) is 1. The molecular formula is C12H17N5. The van der Waals surface area contributed by atoms with Gasteiger partial charge in [0.05, 0.1) is 11.9 Å². The first-order valence-electron chi connectivity index (χ1n) is 5.84. The molecule has 2 aromatic rings. The van der Waals surface area contributed by atoms with E-state index in [-0.39, 0.29) is 6.04 Å². The predicted octanol–water partition coefficient (Wildman–Crippen LogP) is 1.41. The Balaban J connectivity index is 1.68. The summed E-state index contributed by atoms with van der Waals surface area (Å²) in [6.07, 6.45) is 6.43.